The fourth-order valence-corrected chi connectivity index (χ4v) is 4.08. The second-order valence-corrected chi connectivity index (χ2v) is 7.99. The predicted molar refractivity (Wildman–Crippen MR) is 123 cm³/mol. The Morgan fingerprint density at radius 3 is 2.50 bits per heavy atom. The molecule has 0 unspecified atom stereocenters. The number of aromatic nitrogens is 3. The largest absolute Gasteiger partial charge is 0.497 e. The number of aromatic amines is 1. The molecule has 2 aromatic heterocycles. The van der Waals surface area contributed by atoms with Gasteiger partial charge in [0.05, 0.1) is 12.6 Å². The van der Waals surface area contributed by atoms with E-state index in [1.54, 1.807) is 24.8 Å². The minimum Gasteiger partial charge on any atom is -0.497 e. The van der Waals surface area contributed by atoms with Gasteiger partial charge in [0.25, 0.3) is 0 Å². The van der Waals surface area contributed by atoms with Gasteiger partial charge in [0, 0.05) is 49.6 Å². The number of hydrogen-bond donors (Lipinski definition) is 1. The molecular weight excluding hydrogens is 406 g/mol. The molecule has 0 saturated carbocycles. The smallest absolute Gasteiger partial charge is 0.250 e. The Morgan fingerprint density at radius 2 is 1.78 bits per heavy atom. The molecular formula is C25H25N3O4. The van der Waals surface area contributed by atoms with Crippen molar-refractivity contribution in [1.29, 1.82) is 0 Å². The summed E-state index contributed by atoms with van der Waals surface area (Å²) in [7, 11) is 3.38. The molecule has 7 nitrogen and oxygen atoms in total. The van der Waals surface area contributed by atoms with E-state index in [9.17, 15) is 4.79 Å². The van der Waals surface area contributed by atoms with E-state index in [0.29, 0.717) is 17.4 Å². The SMILES string of the molecule is COc1ccc(Oc2c(-c3ccc(=O)n(C)c3)ccc3[nH]c(C4CCOCC4)nc23)cc1. The van der Waals surface area contributed by atoms with E-state index < -0.39 is 0 Å². The molecule has 0 bridgehead atoms. The molecule has 4 aromatic rings. The Kier molecular flexibility index (Phi) is 5.41. The number of pyridine rings is 1. The second kappa shape index (κ2) is 8.51. The van der Waals surface area contributed by atoms with Crippen LogP contribution in [0.2, 0.25) is 0 Å². The minimum absolute atomic E-state index is 0.0611. The first-order valence-electron chi connectivity index (χ1n) is 10.7. The lowest BCUT2D eigenvalue weighted by Crippen LogP contribution is -2.15. The zero-order valence-corrected chi connectivity index (χ0v) is 18.1. The molecule has 1 saturated heterocycles. The van der Waals surface area contributed by atoms with E-state index in [0.717, 1.165) is 59.8 Å². The number of rotatable bonds is 5. The molecule has 1 aliphatic heterocycles. The molecule has 2 aromatic carbocycles. The Morgan fingerprint density at radius 1 is 1.03 bits per heavy atom. The van der Waals surface area contributed by atoms with Gasteiger partial charge in [0.1, 0.15) is 22.8 Å². The van der Waals surface area contributed by atoms with Crippen LogP contribution in [-0.4, -0.2) is 34.9 Å². The van der Waals surface area contributed by atoms with Gasteiger partial charge in [-0.1, -0.05) is 0 Å². The van der Waals surface area contributed by atoms with Gasteiger partial charge >= 0.3 is 0 Å². The van der Waals surface area contributed by atoms with Gasteiger partial charge in [-0.15, -0.1) is 0 Å². The number of hydrogen-bond acceptors (Lipinski definition) is 5. The summed E-state index contributed by atoms with van der Waals surface area (Å²) in [6.07, 6.45) is 3.71. The van der Waals surface area contributed by atoms with E-state index >= 15 is 0 Å². The topological polar surface area (TPSA) is 78.4 Å². The number of nitrogens with one attached hydrogen (secondary N) is 1. The van der Waals surface area contributed by atoms with Gasteiger partial charge in [0.15, 0.2) is 5.75 Å². The third-order valence-electron chi connectivity index (χ3n) is 5.91. The van der Waals surface area contributed by atoms with Crippen molar-refractivity contribution in [2.75, 3.05) is 20.3 Å². The van der Waals surface area contributed by atoms with Gasteiger partial charge in [-0.2, -0.15) is 0 Å². The number of nitrogens with zero attached hydrogens (tertiary/aromatic N) is 2. The molecule has 1 N–H and O–H groups in total. The highest BCUT2D eigenvalue weighted by atomic mass is 16.5. The van der Waals surface area contributed by atoms with Gasteiger partial charge in [-0.25, -0.2) is 4.98 Å². The first-order chi connectivity index (χ1) is 15.6. The monoisotopic (exact) mass is 431 g/mol. The van der Waals surface area contributed by atoms with Crippen LogP contribution in [0.1, 0.15) is 24.6 Å². The van der Waals surface area contributed by atoms with Crippen LogP contribution >= 0.6 is 0 Å². The Hall–Kier alpha value is -3.58. The molecule has 0 aliphatic carbocycles. The predicted octanol–water partition coefficient (Wildman–Crippen LogP) is 4.62. The van der Waals surface area contributed by atoms with Crippen LogP contribution in [0.4, 0.5) is 0 Å². The summed E-state index contributed by atoms with van der Waals surface area (Å²) in [4.78, 5) is 20.4. The summed E-state index contributed by atoms with van der Waals surface area (Å²) in [5.41, 5.74) is 3.38. The molecule has 5 rings (SSSR count). The van der Waals surface area contributed by atoms with Crippen LogP contribution in [0.5, 0.6) is 17.2 Å². The average molecular weight is 431 g/mol. The molecule has 0 atom stereocenters. The normalized spacial score (nSPS) is 14.6. The lowest BCUT2D eigenvalue weighted by Gasteiger charge is -2.19. The fourth-order valence-electron chi connectivity index (χ4n) is 4.08. The molecule has 1 fully saturated rings. The third-order valence-corrected chi connectivity index (χ3v) is 5.91. The lowest BCUT2D eigenvalue weighted by atomic mass is 10.00. The summed E-state index contributed by atoms with van der Waals surface area (Å²) in [6, 6.07) is 14.9. The summed E-state index contributed by atoms with van der Waals surface area (Å²) in [5.74, 6) is 3.39. The van der Waals surface area contributed by atoms with Crippen molar-refractivity contribution in [3.05, 3.63) is 70.9 Å². The molecule has 1 aliphatic rings. The molecule has 0 spiro atoms. The average Bonchev–Trinajstić information content (AvgIpc) is 3.27. The van der Waals surface area contributed by atoms with Crippen molar-refractivity contribution in [3.63, 3.8) is 0 Å². The van der Waals surface area contributed by atoms with E-state index in [2.05, 4.69) is 4.98 Å². The van der Waals surface area contributed by atoms with Crippen molar-refractivity contribution in [2.24, 2.45) is 7.05 Å². The van der Waals surface area contributed by atoms with Gasteiger partial charge in [-0.3, -0.25) is 4.79 Å². The van der Waals surface area contributed by atoms with Gasteiger partial charge in [-0.05, 0) is 55.3 Å². The Bertz CT molecular complexity index is 1300. The maximum absolute atomic E-state index is 11.9. The minimum atomic E-state index is -0.0611. The van der Waals surface area contributed by atoms with Crippen molar-refractivity contribution in [2.45, 2.75) is 18.8 Å². The standard InChI is InChI=1S/C25H25N3O4/c1-28-15-17(3-10-22(28)29)20-8-9-21-23(27-25(26-21)16-11-13-31-14-12-16)24(20)32-19-6-4-18(30-2)5-7-19/h3-10,15-16H,11-14H2,1-2H3,(H,26,27). The van der Waals surface area contributed by atoms with Crippen molar-refractivity contribution >= 4 is 11.0 Å². The maximum atomic E-state index is 11.9. The number of methoxy groups -OCH3 is 1. The number of aryl methyl sites for hydroxylation is 1. The summed E-state index contributed by atoms with van der Waals surface area (Å²) < 4.78 is 18.7. The zero-order valence-electron chi connectivity index (χ0n) is 18.1. The molecule has 0 amide bonds. The number of fused-ring (bicyclic) bond motifs is 1. The molecule has 3 heterocycles. The molecule has 7 heteroatoms. The molecule has 32 heavy (non-hydrogen) atoms. The van der Waals surface area contributed by atoms with Gasteiger partial charge < -0.3 is 23.8 Å². The highest BCUT2D eigenvalue weighted by Crippen LogP contribution is 2.40. The highest BCUT2D eigenvalue weighted by Gasteiger charge is 2.22. The van der Waals surface area contributed by atoms with Gasteiger partial charge in [0.2, 0.25) is 5.56 Å². The van der Waals surface area contributed by atoms with E-state index in [4.69, 9.17) is 19.2 Å². The number of H-pyrrole nitrogens is 1. The summed E-state index contributed by atoms with van der Waals surface area (Å²) in [5, 5.41) is 0. The Labute approximate surface area is 185 Å². The van der Waals surface area contributed by atoms with Crippen LogP contribution in [0, 0.1) is 0 Å². The van der Waals surface area contributed by atoms with Crippen molar-refractivity contribution < 1.29 is 14.2 Å². The van der Waals surface area contributed by atoms with Crippen LogP contribution in [0.25, 0.3) is 22.2 Å². The van der Waals surface area contributed by atoms with Crippen LogP contribution < -0.4 is 15.0 Å². The number of imidazole rings is 1. The summed E-state index contributed by atoms with van der Waals surface area (Å²) in [6.45, 7) is 1.50. The fraction of sp³-hybridized carbons (Fsp3) is 0.280. The first-order valence-corrected chi connectivity index (χ1v) is 10.7. The van der Waals surface area contributed by atoms with E-state index in [-0.39, 0.29) is 5.56 Å². The second-order valence-electron chi connectivity index (χ2n) is 7.99. The van der Waals surface area contributed by atoms with Crippen molar-refractivity contribution in [1.82, 2.24) is 14.5 Å². The van der Waals surface area contributed by atoms with E-state index in [1.807, 2.05) is 48.7 Å². The highest BCUT2D eigenvalue weighted by molar-refractivity contribution is 5.91. The van der Waals surface area contributed by atoms with E-state index in [1.165, 1.54) is 0 Å². The van der Waals surface area contributed by atoms with Crippen LogP contribution in [0.3, 0.4) is 0 Å². The van der Waals surface area contributed by atoms with Crippen LogP contribution in [-0.2, 0) is 11.8 Å². The molecule has 0 radical (unpaired) electrons. The maximum Gasteiger partial charge on any atom is 0.250 e. The number of benzene rings is 2. The quantitative estimate of drug-likeness (QED) is 0.499. The summed E-state index contributed by atoms with van der Waals surface area (Å²) >= 11 is 0. The molecule has 164 valence electrons. The van der Waals surface area contributed by atoms with Crippen LogP contribution in [0.15, 0.2) is 59.5 Å². The first kappa shape index (κ1) is 20.3. The Balaban J connectivity index is 1.64. The van der Waals surface area contributed by atoms with Crippen molar-refractivity contribution in [3.8, 4) is 28.4 Å². The number of ether oxygens (including phenoxy) is 3. The lowest BCUT2D eigenvalue weighted by molar-refractivity contribution is 0.0838. The zero-order chi connectivity index (χ0) is 22.1. The third kappa shape index (κ3) is 3.87.